The third-order valence-corrected chi connectivity index (χ3v) is 7.31. The maximum Gasteiger partial charge on any atom is 0.261 e. The highest BCUT2D eigenvalue weighted by Gasteiger charge is 2.69. The lowest BCUT2D eigenvalue weighted by atomic mass is 9.44. The normalized spacial score (nSPS) is 29.0. The molecule has 174 valence electrons. The number of hydrogen-bond acceptors (Lipinski definition) is 5. The molecule has 2 aromatic carbocycles. The van der Waals surface area contributed by atoms with E-state index in [4.69, 9.17) is 32.7 Å². The van der Waals surface area contributed by atoms with Crippen molar-refractivity contribution >= 4 is 35.0 Å². The Morgan fingerprint density at radius 1 is 1.12 bits per heavy atom. The van der Waals surface area contributed by atoms with Crippen LogP contribution in [0.5, 0.6) is 11.5 Å². The predicted octanol–water partition coefficient (Wildman–Crippen LogP) is 3.47. The number of rotatable bonds is 6. The molecule has 2 aromatic rings. The quantitative estimate of drug-likeness (QED) is 0.575. The van der Waals surface area contributed by atoms with Crippen molar-refractivity contribution in [2.75, 3.05) is 6.61 Å². The summed E-state index contributed by atoms with van der Waals surface area (Å²) < 4.78 is 11.4. The molecule has 0 spiro atoms. The van der Waals surface area contributed by atoms with Crippen LogP contribution in [0.1, 0.15) is 42.9 Å². The van der Waals surface area contributed by atoms with E-state index < -0.39 is 12.2 Å². The Kier molecular flexibility index (Phi) is 5.46. The molecule has 3 N–H and O–H groups in total. The molecular weight excluding hydrogens is 467 g/mol. The molecule has 1 aliphatic heterocycles. The molecule has 9 heteroatoms. The van der Waals surface area contributed by atoms with E-state index in [2.05, 4.69) is 10.6 Å². The van der Waals surface area contributed by atoms with E-state index >= 15 is 0 Å². The van der Waals surface area contributed by atoms with Crippen LogP contribution in [0.3, 0.4) is 0 Å². The molecule has 1 heterocycles. The van der Waals surface area contributed by atoms with Gasteiger partial charge in [-0.25, -0.2) is 0 Å². The largest absolute Gasteiger partial charge is 0.484 e. The summed E-state index contributed by atoms with van der Waals surface area (Å²) in [6.45, 7) is 1.79. The summed E-state index contributed by atoms with van der Waals surface area (Å²) in [5.74, 6) is 0.606. The summed E-state index contributed by atoms with van der Waals surface area (Å²) in [5.41, 5.74) is 0.857. The summed E-state index contributed by atoms with van der Waals surface area (Å²) in [5, 5.41) is 17.7. The zero-order chi connectivity index (χ0) is 23.4. The Balaban J connectivity index is 1.10. The Hall–Kier alpha value is -2.48. The molecule has 6 rings (SSSR count). The van der Waals surface area contributed by atoms with Gasteiger partial charge >= 0.3 is 0 Å². The molecule has 0 unspecified atom stereocenters. The minimum Gasteiger partial charge on any atom is -0.484 e. The number of ether oxygens (including phenoxy) is 2. The molecule has 0 radical (unpaired) electrons. The van der Waals surface area contributed by atoms with Gasteiger partial charge in [-0.3, -0.25) is 9.59 Å². The lowest BCUT2D eigenvalue weighted by molar-refractivity contribution is -0.155. The van der Waals surface area contributed by atoms with Crippen LogP contribution in [0.2, 0.25) is 10.0 Å². The number of halogens is 2. The fourth-order valence-electron chi connectivity index (χ4n) is 5.16. The van der Waals surface area contributed by atoms with Gasteiger partial charge in [0.25, 0.3) is 11.8 Å². The van der Waals surface area contributed by atoms with Crippen molar-refractivity contribution in [3.8, 4) is 11.5 Å². The molecule has 3 aliphatic carbocycles. The standard InChI is InChI=1S/C24H24Cl2N2O5/c1-13-6-15(3-4-17(13)26)32-9-21(30)27-23-10-24(11-23,12-23)28-22(31)20-8-18(29)16-7-14(25)2-5-19(16)33-20/h2-7,18,20,29H,8-12H2,1H3,(H,27,30)(H,28,31)/t18-,20-,23?,24?/m0/s1. The second kappa shape index (κ2) is 8.08. The van der Waals surface area contributed by atoms with Gasteiger partial charge in [0.1, 0.15) is 11.5 Å². The first-order chi connectivity index (χ1) is 15.7. The molecule has 2 atom stereocenters. The second-order valence-corrected chi connectivity index (χ2v) is 10.2. The van der Waals surface area contributed by atoms with Crippen LogP contribution in [0.25, 0.3) is 0 Å². The molecule has 2 bridgehead atoms. The van der Waals surface area contributed by atoms with Crippen LogP contribution in [0.4, 0.5) is 0 Å². The van der Waals surface area contributed by atoms with E-state index in [9.17, 15) is 14.7 Å². The summed E-state index contributed by atoms with van der Waals surface area (Å²) in [4.78, 5) is 25.1. The van der Waals surface area contributed by atoms with Crippen molar-refractivity contribution in [3.05, 3.63) is 57.6 Å². The number of carbonyl (C=O) groups is 2. The average molecular weight is 491 g/mol. The van der Waals surface area contributed by atoms with Gasteiger partial charge in [0.2, 0.25) is 0 Å². The van der Waals surface area contributed by atoms with E-state index in [0.717, 1.165) is 5.56 Å². The highest BCUT2D eigenvalue weighted by atomic mass is 35.5. The van der Waals surface area contributed by atoms with Crippen molar-refractivity contribution in [3.63, 3.8) is 0 Å². The van der Waals surface area contributed by atoms with Crippen LogP contribution in [0, 0.1) is 6.92 Å². The highest BCUT2D eigenvalue weighted by molar-refractivity contribution is 6.31. The fraction of sp³-hybridized carbons (Fsp3) is 0.417. The number of aliphatic hydroxyl groups is 1. The van der Waals surface area contributed by atoms with Crippen LogP contribution >= 0.6 is 23.2 Å². The van der Waals surface area contributed by atoms with Crippen molar-refractivity contribution in [2.45, 2.75) is 55.9 Å². The van der Waals surface area contributed by atoms with Gasteiger partial charge in [0.15, 0.2) is 12.7 Å². The fourth-order valence-corrected chi connectivity index (χ4v) is 5.46. The molecule has 3 fully saturated rings. The van der Waals surface area contributed by atoms with Gasteiger partial charge in [0.05, 0.1) is 6.10 Å². The van der Waals surface area contributed by atoms with Gasteiger partial charge in [-0.05, 0) is 68.1 Å². The van der Waals surface area contributed by atoms with Gasteiger partial charge in [-0.1, -0.05) is 23.2 Å². The molecule has 2 amide bonds. The minimum atomic E-state index is -0.814. The number of fused-ring (bicyclic) bond motifs is 1. The lowest BCUT2D eigenvalue weighted by Crippen LogP contribution is -2.84. The predicted molar refractivity (Wildman–Crippen MR) is 123 cm³/mol. The molecule has 0 saturated heterocycles. The van der Waals surface area contributed by atoms with Crippen molar-refractivity contribution < 1.29 is 24.2 Å². The molecule has 3 saturated carbocycles. The Labute approximate surface area is 201 Å². The van der Waals surface area contributed by atoms with Crippen LogP contribution in [0.15, 0.2) is 36.4 Å². The average Bonchev–Trinajstić information content (AvgIpc) is 2.72. The summed E-state index contributed by atoms with van der Waals surface area (Å²) in [6.07, 6.45) is 0.575. The molecule has 33 heavy (non-hydrogen) atoms. The Bertz CT molecular complexity index is 1120. The summed E-state index contributed by atoms with van der Waals surface area (Å²) in [7, 11) is 0. The maximum absolute atomic E-state index is 12.8. The number of aryl methyl sites for hydroxylation is 1. The van der Waals surface area contributed by atoms with E-state index in [0.29, 0.717) is 46.4 Å². The van der Waals surface area contributed by atoms with E-state index in [-0.39, 0.29) is 35.9 Å². The maximum atomic E-state index is 12.8. The first-order valence-electron chi connectivity index (χ1n) is 10.8. The molecule has 0 aromatic heterocycles. The number of amides is 2. The van der Waals surface area contributed by atoms with Gasteiger partial charge in [-0.15, -0.1) is 0 Å². The van der Waals surface area contributed by atoms with Gasteiger partial charge < -0.3 is 25.2 Å². The Morgan fingerprint density at radius 2 is 1.85 bits per heavy atom. The minimum absolute atomic E-state index is 0.0839. The number of aliphatic hydroxyl groups excluding tert-OH is 1. The zero-order valence-electron chi connectivity index (χ0n) is 18.0. The lowest BCUT2D eigenvalue weighted by Gasteiger charge is -2.70. The topological polar surface area (TPSA) is 96.9 Å². The van der Waals surface area contributed by atoms with Crippen LogP contribution in [-0.2, 0) is 9.59 Å². The first-order valence-corrected chi connectivity index (χ1v) is 11.6. The number of benzene rings is 2. The van der Waals surface area contributed by atoms with Gasteiger partial charge in [0, 0.05) is 33.1 Å². The van der Waals surface area contributed by atoms with Gasteiger partial charge in [-0.2, -0.15) is 0 Å². The van der Waals surface area contributed by atoms with E-state index in [1.807, 2.05) is 6.92 Å². The number of nitrogens with one attached hydrogen (secondary N) is 2. The van der Waals surface area contributed by atoms with E-state index in [1.54, 1.807) is 36.4 Å². The van der Waals surface area contributed by atoms with Crippen LogP contribution < -0.4 is 20.1 Å². The highest BCUT2D eigenvalue weighted by Crippen LogP contribution is 2.60. The molecular formula is C24H24Cl2N2O5. The van der Waals surface area contributed by atoms with E-state index in [1.165, 1.54) is 0 Å². The summed E-state index contributed by atoms with van der Waals surface area (Å²) >= 11 is 12.0. The second-order valence-electron chi connectivity index (χ2n) is 9.37. The van der Waals surface area contributed by atoms with Crippen molar-refractivity contribution in [2.24, 2.45) is 0 Å². The number of hydrogen-bond donors (Lipinski definition) is 3. The monoisotopic (exact) mass is 490 g/mol. The molecule has 7 nitrogen and oxygen atoms in total. The van der Waals surface area contributed by atoms with Crippen LogP contribution in [-0.4, -0.2) is 40.7 Å². The Morgan fingerprint density at radius 3 is 2.58 bits per heavy atom. The van der Waals surface area contributed by atoms with Crippen molar-refractivity contribution in [1.82, 2.24) is 10.6 Å². The van der Waals surface area contributed by atoms with Crippen molar-refractivity contribution in [1.29, 1.82) is 0 Å². The smallest absolute Gasteiger partial charge is 0.261 e. The molecule has 4 aliphatic rings. The third-order valence-electron chi connectivity index (χ3n) is 6.65. The summed E-state index contributed by atoms with van der Waals surface area (Å²) in [6, 6.07) is 10.2. The number of carbonyl (C=O) groups excluding carboxylic acids is 2. The first kappa shape index (κ1) is 22.3. The SMILES string of the molecule is Cc1cc(OCC(=O)NC23CC(NC(=O)[C@@H]4C[C@H](O)c5cc(Cl)ccc5O4)(C2)C3)ccc1Cl. The third kappa shape index (κ3) is 4.25. The zero-order valence-corrected chi connectivity index (χ0v) is 19.5.